The molecule has 136 valence electrons. The fraction of sp³-hybridized carbons (Fsp3) is 0.111. The van der Waals surface area contributed by atoms with E-state index >= 15 is 0 Å². The molecule has 27 heavy (non-hydrogen) atoms. The van der Waals surface area contributed by atoms with E-state index in [1.807, 2.05) is 0 Å². The summed E-state index contributed by atoms with van der Waals surface area (Å²) in [7, 11) is 0. The van der Waals surface area contributed by atoms with Gasteiger partial charge in [0, 0.05) is 36.2 Å². The number of carbonyl (C=O) groups is 1. The monoisotopic (exact) mass is 365 g/mol. The van der Waals surface area contributed by atoms with Gasteiger partial charge in [-0.1, -0.05) is 6.07 Å². The van der Waals surface area contributed by atoms with Crippen molar-refractivity contribution < 1.29 is 9.72 Å². The zero-order chi connectivity index (χ0) is 19.4. The van der Waals surface area contributed by atoms with E-state index in [1.165, 1.54) is 18.2 Å². The van der Waals surface area contributed by atoms with Crippen LogP contribution in [0.25, 0.3) is 11.3 Å². The third kappa shape index (κ3) is 4.21. The maximum absolute atomic E-state index is 12.3. The van der Waals surface area contributed by atoms with Crippen LogP contribution >= 0.6 is 0 Å². The van der Waals surface area contributed by atoms with Crippen molar-refractivity contribution in [2.75, 3.05) is 5.32 Å². The van der Waals surface area contributed by atoms with E-state index in [4.69, 9.17) is 0 Å². The second kappa shape index (κ2) is 7.56. The fourth-order valence-electron chi connectivity index (χ4n) is 2.42. The predicted molar refractivity (Wildman–Crippen MR) is 98.2 cm³/mol. The molecule has 0 aliphatic carbocycles. The number of hydrogen-bond acceptors (Lipinski definition) is 6. The summed E-state index contributed by atoms with van der Waals surface area (Å²) in [4.78, 5) is 38.6. The van der Waals surface area contributed by atoms with E-state index in [0.29, 0.717) is 16.9 Å². The number of pyridine rings is 1. The molecule has 0 unspecified atom stereocenters. The third-order valence-electron chi connectivity index (χ3n) is 3.84. The number of nitrogens with one attached hydrogen (secondary N) is 1. The zero-order valence-electron chi connectivity index (χ0n) is 14.3. The average Bonchev–Trinajstić information content (AvgIpc) is 2.66. The Hall–Kier alpha value is -3.88. The molecule has 0 bridgehead atoms. The first-order valence-corrected chi connectivity index (χ1v) is 7.97. The minimum Gasteiger partial charge on any atom is -0.324 e. The molecule has 0 radical (unpaired) electrons. The highest BCUT2D eigenvalue weighted by atomic mass is 16.6. The van der Waals surface area contributed by atoms with Crippen LogP contribution in [-0.2, 0) is 11.3 Å². The zero-order valence-corrected chi connectivity index (χ0v) is 14.3. The Kier molecular flexibility index (Phi) is 5.02. The van der Waals surface area contributed by atoms with E-state index in [2.05, 4.69) is 15.4 Å². The number of amides is 1. The molecule has 0 fully saturated rings. The molecule has 0 atom stereocenters. The van der Waals surface area contributed by atoms with E-state index in [9.17, 15) is 19.7 Å². The smallest absolute Gasteiger partial charge is 0.271 e. The minimum atomic E-state index is -0.542. The molecule has 0 aliphatic rings. The molecular weight excluding hydrogens is 350 g/mol. The molecule has 3 aromatic rings. The van der Waals surface area contributed by atoms with Crippen LogP contribution in [0.1, 0.15) is 5.56 Å². The Morgan fingerprint density at radius 1 is 1.19 bits per heavy atom. The Balaban J connectivity index is 1.82. The van der Waals surface area contributed by atoms with E-state index in [-0.39, 0.29) is 12.2 Å². The van der Waals surface area contributed by atoms with E-state index in [0.717, 1.165) is 10.2 Å². The van der Waals surface area contributed by atoms with Crippen LogP contribution in [0.4, 0.5) is 11.4 Å². The Morgan fingerprint density at radius 2 is 1.93 bits per heavy atom. The standard InChI is InChI=1S/C18H15N5O4/c1-12-2-3-14(23(26)27)10-16(12)20-17(24)11-22-18(25)5-4-15(21-22)13-6-8-19-9-7-13/h2-10H,11H2,1H3,(H,20,24). The van der Waals surface area contributed by atoms with Gasteiger partial charge in [0.25, 0.3) is 11.2 Å². The average molecular weight is 365 g/mol. The second-order valence-electron chi connectivity index (χ2n) is 5.75. The number of carbonyl (C=O) groups excluding carboxylic acids is 1. The van der Waals surface area contributed by atoms with E-state index in [1.54, 1.807) is 43.6 Å². The van der Waals surface area contributed by atoms with Gasteiger partial charge in [-0.15, -0.1) is 0 Å². The van der Waals surface area contributed by atoms with Gasteiger partial charge in [0.1, 0.15) is 6.54 Å². The van der Waals surface area contributed by atoms with Crippen LogP contribution in [0.5, 0.6) is 0 Å². The van der Waals surface area contributed by atoms with Crippen LogP contribution in [0.2, 0.25) is 0 Å². The predicted octanol–water partition coefficient (Wildman–Crippen LogP) is 2.16. The van der Waals surface area contributed by atoms with Crippen molar-refractivity contribution in [3.63, 3.8) is 0 Å². The van der Waals surface area contributed by atoms with Gasteiger partial charge in [0.05, 0.1) is 16.3 Å². The lowest BCUT2D eigenvalue weighted by Gasteiger charge is -2.10. The van der Waals surface area contributed by atoms with Gasteiger partial charge in [-0.25, -0.2) is 4.68 Å². The summed E-state index contributed by atoms with van der Waals surface area (Å²) in [6.07, 6.45) is 3.20. The topological polar surface area (TPSA) is 120 Å². The van der Waals surface area contributed by atoms with E-state index < -0.39 is 16.4 Å². The molecule has 0 saturated carbocycles. The van der Waals surface area contributed by atoms with Gasteiger partial charge in [-0.3, -0.25) is 24.7 Å². The quantitative estimate of drug-likeness (QED) is 0.546. The largest absolute Gasteiger partial charge is 0.324 e. The summed E-state index contributed by atoms with van der Waals surface area (Å²) in [5.74, 6) is -0.514. The summed E-state index contributed by atoms with van der Waals surface area (Å²) >= 11 is 0. The first-order valence-electron chi connectivity index (χ1n) is 7.97. The van der Waals surface area contributed by atoms with Gasteiger partial charge in [-0.05, 0) is 30.7 Å². The van der Waals surface area contributed by atoms with Crippen molar-refractivity contribution in [3.05, 3.63) is 80.9 Å². The molecule has 0 spiro atoms. The Labute approximate surface area is 153 Å². The van der Waals surface area contributed by atoms with Crippen molar-refractivity contribution in [1.29, 1.82) is 0 Å². The second-order valence-corrected chi connectivity index (χ2v) is 5.75. The molecule has 9 nitrogen and oxygen atoms in total. The molecule has 0 aliphatic heterocycles. The van der Waals surface area contributed by atoms with Crippen LogP contribution in [0, 0.1) is 17.0 Å². The van der Waals surface area contributed by atoms with Gasteiger partial charge < -0.3 is 5.32 Å². The highest BCUT2D eigenvalue weighted by Gasteiger charge is 2.13. The van der Waals surface area contributed by atoms with Crippen LogP contribution in [-0.4, -0.2) is 25.6 Å². The number of anilines is 1. The number of rotatable bonds is 5. The lowest BCUT2D eigenvalue weighted by Crippen LogP contribution is -2.29. The summed E-state index contributed by atoms with van der Waals surface area (Å²) in [6.45, 7) is 1.40. The van der Waals surface area contributed by atoms with Crippen molar-refractivity contribution in [2.45, 2.75) is 13.5 Å². The van der Waals surface area contributed by atoms with Crippen LogP contribution < -0.4 is 10.9 Å². The highest BCUT2D eigenvalue weighted by molar-refractivity contribution is 5.91. The maximum atomic E-state index is 12.3. The molecule has 2 aromatic heterocycles. The highest BCUT2D eigenvalue weighted by Crippen LogP contribution is 2.21. The minimum absolute atomic E-state index is 0.133. The van der Waals surface area contributed by atoms with Crippen LogP contribution in [0.3, 0.4) is 0 Å². The number of benzene rings is 1. The maximum Gasteiger partial charge on any atom is 0.271 e. The number of non-ortho nitro benzene ring substituents is 1. The number of aryl methyl sites for hydroxylation is 1. The van der Waals surface area contributed by atoms with Gasteiger partial charge in [-0.2, -0.15) is 5.10 Å². The number of hydrogen-bond donors (Lipinski definition) is 1. The van der Waals surface area contributed by atoms with Gasteiger partial charge in [0.15, 0.2) is 0 Å². The summed E-state index contributed by atoms with van der Waals surface area (Å²) in [5, 5.41) is 17.7. The molecule has 1 N–H and O–H groups in total. The number of nitro groups is 1. The van der Waals surface area contributed by atoms with Crippen LogP contribution in [0.15, 0.2) is 59.7 Å². The fourth-order valence-corrected chi connectivity index (χ4v) is 2.42. The van der Waals surface area contributed by atoms with Crippen molar-refractivity contribution >= 4 is 17.3 Å². The molecule has 0 saturated heterocycles. The first-order chi connectivity index (χ1) is 12.9. The van der Waals surface area contributed by atoms with Crippen molar-refractivity contribution in [2.24, 2.45) is 0 Å². The number of nitro benzene ring substituents is 1. The SMILES string of the molecule is Cc1ccc([N+](=O)[O-])cc1NC(=O)Cn1nc(-c2ccncc2)ccc1=O. The Morgan fingerprint density at radius 3 is 2.63 bits per heavy atom. The summed E-state index contributed by atoms with van der Waals surface area (Å²) in [6, 6.07) is 10.5. The lowest BCUT2D eigenvalue weighted by atomic mass is 10.2. The lowest BCUT2D eigenvalue weighted by molar-refractivity contribution is -0.384. The molecule has 2 heterocycles. The molecule has 9 heteroatoms. The van der Waals surface area contributed by atoms with Gasteiger partial charge in [0.2, 0.25) is 5.91 Å². The molecule has 3 rings (SSSR count). The summed E-state index contributed by atoms with van der Waals surface area (Å²) in [5.41, 5.74) is 1.70. The third-order valence-corrected chi connectivity index (χ3v) is 3.84. The number of aromatic nitrogens is 3. The molecule has 1 aromatic carbocycles. The van der Waals surface area contributed by atoms with Gasteiger partial charge >= 0.3 is 0 Å². The van der Waals surface area contributed by atoms with Crippen molar-refractivity contribution in [1.82, 2.24) is 14.8 Å². The first kappa shape index (κ1) is 17.9. The Bertz CT molecular complexity index is 1060. The number of nitrogens with zero attached hydrogens (tertiary/aromatic N) is 4. The molecular formula is C18H15N5O4. The van der Waals surface area contributed by atoms with Crippen molar-refractivity contribution in [3.8, 4) is 11.3 Å². The summed E-state index contributed by atoms with van der Waals surface area (Å²) < 4.78 is 1.04. The molecule has 1 amide bonds. The normalized spacial score (nSPS) is 10.4.